The Hall–Kier alpha value is -1.57. The van der Waals surface area contributed by atoms with Crippen LogP contribution in [0.25, 0.3) is 10.9 Å². The molecule has 0 unspecified atom stereocenters. The third-order valence-electron chi connectivity index (χ3n) is 3.66. The number of rotatable bonds is 1. The van der Waals surface area contributed by atoms with E-state index in [1.54, 1.807) is 0 Å². The molecule has 0 aliphatic heterocycles. The maximum absolute atomic E-state index is 4.74. The molecule has 2 nitrogen and oxygen atoms in total. The molecule has 0 aliphatic carbocycles. The van der Waals surface area contributed by atoms with Gasteiger partial charge in [-0.2, -0.15) is 0 Å². The van der Waals surface area contributed by atoms with Crippen molar-refractivity contribution in [2.45, 2.75) is 40.0 Å². The lowest BCUT2D eigenvalue weighted by molar-refractivity contribution is 0.587. The van der Waals surface area contributed by atoms with E-state index in [1.807, 2.05) is 6.92 Å². The summed E-state index contributed by atoms with van der Waals surface area (Å²) in [6, 6.07) is 6.60. The number of hydrogen-bond donors (Lipinski definition) is 0. The highest BCUT2D eigenvalue weighted by Crippen LogP contribution is 2.35. The quantitative estimate of drug-likeness (QED) is 0.759. The van der Waals surface area contributed by atoms with Crippen LogP contribution in [-0.2, 0) is 5.41 Å². The number of aryl methyl sites for hydroxylation is 2. The first-order chi connectivity index (χ1) is 8.71. The number of nitrogens with zero attached hydrogens (tertiary/aromatic N) is 2. The maximum atomic E-state index is 4.74. The van der Waals surface area contributed by atoms with Gasteiger partial charge in [-0.05, 0) is 42.5 Å². The molecule has 0 fully saturated rings. The van der Waals surface area contributed by atoms with Crippen LogP contribution >= 0.6 is 0 Å². The molecule has 2 rings (SSSR count). The van der Waals surface area contributed by atoms with Crippen molar-refractivity contribution in [1.82, 2.24) is 4.98 Å². The SMILES string of the molecule is Cc1ccc2c(C)c(C(C)(C)C)cc(N(C)C)c2n1. The second-order valence-electron chi connectivity index (χ2n) is 6.56. The highest BCUT2D eigenvalue weighted by Gasteiger charge is 2.20. The second kappa shape index (κ2) is 4.52. The molecular formula is C17H24N2. The first kappa shape index (κ1) is 13.9. The Balaban J connectivity index is 2.90. The van der Waals surface area contributed by atoms with E-state index in [0.29, 0.717) is 0 Å². The average molecular weight is 256 g/mol. The van der Waals surface area contributed by atoms with Gasteiger partial charge in [0.25, 0.3) is 0 Å². The Morgan fingerprint density at radius 2 is 1.68 bits per heavy atom. The van der Waals surface area contributed by atoms with E-state index < -0.39 is 0 Å². The molecule has 2 aromatic rings. The summed E-state index contributed by atoms with van der Waals surface area (Å²) in [5, 5.41) is 1.27. The molecule has 1 aromatic heterocycles. The van der Waals surface area contributed by atoms with E-state index in [0.717, 1.165) is 11.2 Å². The number of fused-ring (bicyclic) bond motifs is 1. The van der Waals surface area contributed by atoms with Crippen LogP contribution < -0.4 is 4.90 Å². The van der Waals surface area contributed by atoms with Crippen molar-refractivity contribution >= 4 is 16.6 Å². The molecule has 0 bridgehead atoms. The van der Waals surface area contributed by atoms with Gasteiger partial charge in [-0.3, -0.25) is 4.98 Å². The van der Waals surface area contributed by atoms with Gasteiger partial charge in [0.2, 0.25) is 0 Å². The van der Waals surface area contributed by atoms with Gasteiger partial charge in [0.15, 0.2) is 0 Å². The number of pyridine rings is 1. The van der Waals surface area contributed by atoms with Crippen molar-refractivity contribution < 1.29 is 0 Å². The van der Waals surface area contributed by atoms with Gasteiger partial charge >= 0.3 is 0 Å². The first-order valence-electron chi connectivity index (χ1n) is 6.80. The van der Waals surface area contributed by atoms with Crippen molar-refractivity contribution in [1.29, 1.82) is 0 Å². The van der Waals surface area contributed by atoms with Crippen LogP contribution in [0.15, 0.2) is 18.2 Å². The lowest BCUT2D eigenvalue weighted by atomic mass is 9.82. The molecule has 0 atom stereocenters. The summed E-state index contributed by atoms with van der Waals surface area (Å²) in [5.74, 6) is 0. The van der Waals surface area contributed by atoms with Crippen LogP contribution in [0.2, 0.25) is 0 Å². The Labute approximate surface area is 116 Å². The molecule has 0 amide bonds. The van der Waals surface area contributed by atoms with Gasteiger partial charge in [0, 0.05) is 25.2 Å². The zero-order chi connectivity index (χ0) is 14.4. The predicted octanol–water partition coefficient (Wildman–Crippen LogP) is 4.22. The molecule has 1 heterocycles. The van der Waals surface area contributed by atoms with Crippen molar-refractivity contribution in [3.63, 3.8) is 0 Å². The Bertz CT molecular complexity index is 619. The summed E-state index contributed by atoms with van der Waals surface area (Å²) in [6.45, 7) is 11.1. The van der Waals surface area contributed by atoms with Crippen molar-refractivity contribution in [3.8, 4) is 0 Å². The summed E-state index contributed by atoms with van der Waals surface area (Å²) in [5.41, 5.74) is 6.27. The lowest BCUT2D eigenvalue weighted by Gasteiger charge is -2.26. The summed E-state index contributed by atoms with van der Waals surface area (Å²) in [4.78, 5) is 6.90. The molecule has 0 saturated heterocycles. The zero-order valence-electron chi connectivity index (χ0n) is 13.1. The molecule has 19 heavy (non-hydrogen) atoms. The summed E-state index contributed by atoms with van der Waals surface area (Å²) in [7, 11) is 4.17. The molecule has 0 radical (unpaired) electrons. The average Bonchev–Trinajstić information content (AvgIpc) is 2.26. The molecule has 102 valence electrons. The Kier molecular flexibility index (Phi) is 3.29. The van der Waals surface area contributed by atoms with Crippen LogP contribution in [0, 0.1) is 13.8 Å². The van der Waals surface area contributed by atoms with E-state index in [1.165, 1.54) is 22.2 Å². The number of benzene rings is 1. The van der Waals surface area contributed by atoms with Gasteiger partial charge in [-0.1, -0.05) is 26.8 Å². The summed E-state index contributed by atoms with van der Waals surface area (Å²) < 4.78 is 0. The largest absolute Gasteiger partial charge is 0.376 e. The minimum absolute atomic E-state index is 0.147. The summed E-state index contributed by atoms with van der Waals surface area (Å²) >= 11 is 0. The van der Waals surface area contributed by atoms with Crippen LogP contribution in [0.1, 0.15) is 37.6 Å². The molecule has 0 N–H and O–H groups in total. The highest BCUT2D eigenvalue weighted by molar-refractivity contribution is 5.94. The third kappa shape index (κ3) is 2.44. The zero-order valence-corrected chi connectivity index (χ0v) is 13.1. The fourth-order valence-electron chi connectivity index (χ4n) is 2.63. The molecule has 1 aromatic carbocycles. The number of anilines is 1. The van der Waals surface area contributed by atoms with Crippen LogP contribution in [0.3, 0.4) is 0 Å². The topological polar surface area (TPSA) is 16.1 Å². The lowest BCUT2D eigenvalue weighted by Crippen LogP contribution is -2.17. The monoisotopic (exact) mass is 256 g/mol. The molecule has 0 aliphatic rings. The molecule has 0 saturated carbocycles. The van der Waals surface area contributed by atoms with Gasteiger partial charge < -0.3 is 4.90 Å². The first-order valence-corrected chi connectivity index (χ1v) is 6.80. The van der Waals surface area contributed by atoms with Crippen molar-refractivity contribution in [3.05, 3.63) is 35.0 Å². The Morgan fingerprint density at radius 3 is 2.21 bits per heavy atom. The predicted molar refractivity (Wildman–Crippen MR) is 84.2 cm³/mol. The van der Waals surface area contributed by atoms with Crippen molar-refractivity contribution in [2.75, 3.05) is 19.0 Å². The van der Waals surface area contributed by atoms with Gasteiger partial charge in [-0.25, -0.2) is 0 Å². The van der Waals surface area contributed by atoms with E-state index in [2.05, 4.69) is 64.9 Å². The normalized spacial score (nSPS) is 11.9. The smallest absolute Gasteiger partial charge is 0.0941 e. The van der Waals surface area contributed by atoms with E-state index in [-0.39, 0.29) is 5.41 Å². The highest BCUT2D eigenvalue weighted by atomic mass is 15.1. The third-order valence-corrected chi connectivity index (χ3v) is 3.66. The van der Waals surface area contributed by atoms with Crippen LogP contribution in [-0.4, -0.2) is 19.1 Å². The van der Waals surface area contributed by atoms with Crippen LogP contribution in [0.5, 0.6) is 0 Å². The van der Waals surface area contributed by atoms with E-state index >= 15 is 0 Å². The fourth-order valence-corrected chi connectivity index (χ4v) is 2.63. The maximum Gasteiger partial charge on any atom is 0.0941 e. The molecule has 2 heteroatoms. The minimum Gasteiger partial charge on any atom is -0.376 e. The van der Waals surface area contributed by atoms with Gasteiger partial charge in [0.1, 0.15) is 0 Å². The molecule has 0 spiro atoms. The number of hydrogen-bond acceptors (Lipinski definition) is 2. The fraction of sp³-hybridized carbons (Fsp3) is 0.471. The summed E-state index contributed by atoms with van der Waals surface area (Å²) in [6.07, 6.45) is 0. The minimum atomic E-state index is 0.147. The second-order valence-corrected chi connectivity index (χ2v) is 6.56. The van der Waals surface area contributed by atoms with E-state index in [4.69, 9.17) is 4.98 Å². The number of aromatic nitrogens is 1. The van der Waals surface area contributed by atoms with Crippen LogP contribution in [0.4, 0.5) is 5.69 Å². The van der Waals surface area contributed by atoms with E-state index in [9.17, 15) is 0 Å². The standard InChI is InChI=1S/C17H24N2/c1-11-8-9-13-12(2)14(17(3,4)5)10-15(19(6)7)16(13)18-11/h8-10H,1-7H3. The molecular weight excluding hydrogens is 232 g/mol. The van der Waals surface area contributed by atoms with Crippen molar-refractivity contribution in [2.24, 2.45) is 0 Å². The van der Waals surface area contributed by atoms with Gasteiger partial charge in [0.05, 0.1) is 11.2 Å². The Morgan fingerprint density at radius 1 is 1.05 bits per heavy atom. The van der Waals surface area contributed by atoms with Gasteiger partial charge in [-0.15, -0.1) is 0 Å².